The quantitative estimate of drug-likeness (QED) is 0.563. The van der Waals surface area contributed by atoms with Crippen LogP contribution in [-0.2, 0) is 4.74 Å². The van der Waals surface area contributed by atoms with Gasteiger partial charge in [-0.05, 0) is 62.0 Å². The Morgan fingerprint density at radius 2 is 1.94 bits per heavy atom. The van der Waals surface area contributed by atoms with Crippen molar-refractivity contribution in [1.82, 2.24) is 19.8 Å². The third-order valence-corrected chi connectivity index (χ3v) is 6.19. The summed E-state index contributed by atoms with van der Waals surface area (Å²) in [5, 5.41) is 4.23. The highest BCUT2D eigenvalue weighted by Gasteiger charge is 2.41. The third-order valence-electron chi connectivity index (χ3n) is 5.83. The molecule has 6 nitrogen and oxygen atoms in total. The molecule has 2 aromatic heterocycles. The Labute approximate surface area is 188 Å². The molecule has 0 saturated carbocycles. The van der Waals surface area contributed by atoms with Gasteiger partial charge in [-0.3, -0.25) is 4.98 Å². The number of aryl methyl sites for hydroxylation is 1. The molecular weight excluding hydrogens is 408 g/mol. The molecule has 1 fully saturated rings. The molecule has 1 saturated heterocycles. The average Bonchev–Trinajstić information content (AvgIpc) is 3.27. The molecule has 4 rings (SSSR count). The van der Waals surface area contributed by atoms with Crippen LogP contribution in [0, 0.1) is 13.8 Å². The Kier molecular flexibility index (Phi) is 6.25. The summed E-state index contributed by atoms with van der Waals surface area (Å²) in [6.45, 7) is 5.60. The lowest BCUT2D eigenvalue weighted by Gasteiger charge is -2.28. The summed E-state index contributed by atoms with van der Waals surface area (Å²) < 4.78 is 13.1. The number of hydrogen-bond donors (Lipinski definition) is 1. The van der Waals surface area contributed by atoms with Gasteiger partial charge in [-0.15, -0.1) is 0 Å². The molecule has 7 heteroatoms. The van der Waals surface area contributed by atoms with E-state index in [2.05, 4.69) is 51.8 Å². The summed E-state index contributed by atoms with van der Waals surface area (Å²) in [5.41, 5.74) is 5.60. The first-order valence-corrected chi connectivity index (χ1v) is 10.8. The Balaban J connectivity index is 1.81. The van der Waals surface area contributed by atoms with Gasteiger partial charge in [0, 0.05) is 43.0 Å². The van der Waals surface area contributed by atoms with E-state index in [0.717, 1.165) is 27.9 Å². The molecule has 0 unspecified atom stereocenters. The van der Waals surface area contributed by atoms with Crippen LogP contribution in [0.3, 0.4) is 0 Å². The maximum absolute atomic E-state index is 5.73. The normalized spacial score (nSPS) is 18.3. The Hall–Kier alpha value is -2.90. The van der Waals surface area contributed by atoms with Crippen molar-refractivity contribution < 1.29 is 9.47 Å². The van der Waals surface area contributed by atoms with Crippen molar-refractivity contribution in [2.24, 2.45) is 0 Å². The van der Waals surface area contributed by atoms with E-state index in [4.69, 9.17) is 21.7 Å². The largest absolute Gasteiger partial charge is 0.497 e. The van der Waals surface area contributed by atoms with Gasteiger partial charge in [-0.2, -0.15) is 0 Å². The highest BCUT2D eigenvalue weighted by molar-refractivity contribution is 7.80. The van der Waals surface area contributed by atoms with E-state index in [1.807, 2.05) is 36.5 Å². The van der Waals surface area contributed by atoms with E-state index >= 15 is 0 Å². The number of pyridine rings is 1. The molecule has 0 radical (unpaired) electrons. The number of methoxy groups -OCH3 is 2. The van der Waals surface area contributed by atoms with Crippen LogP contribution in [-0.4, -0.2) is 46.9 Å². The fourth-order valence-corrected chi connectivity index (χ4v) is 4.74. The maximum atomic E-state index is 5.73. The number of nitrogens with one attached hydrogen (secondary N) is 1. The van der Waals surface area contributed by atoms with Gasteiger partial charge in [0.05, 0.1) is 31.5 Å². The number of thiocarbonyl (C=S) groups is 1. The van der Waals surface area contributed by atoms with Gasteiger partial charge >= 0.3 is 0 Å². The van der Waals surface area contributed by atoms with Gasteiger partial charge in [0.25, 0.3) is 0 Å². The number of rotatable bonds is 7. The van der Waals surface area contributed by atoms with Crippen LogP contribution in [0.15, 0.2) is 54.7 Å². The zero-order chi connectivity index (χ0) is 22.0. The minimum absolute atomic E-state index is 0.0168. The molecule has 162 valence electrons. The predicted octanol–water partition coefficient (Wildman–Crippen LogP) is 4.12. The third kappa shape index (κ3) is 4.03. The molecule has 31 heavy (non-hydrogen) atoms. The molecule has 0 aliphatic carbocycles. The summed E-state index contributed by atoms with van der Waals surface area (Å²) >= 11 is 5.73. The van der Waals surface area contributed by atoms with Gasteiger partial charge in [-0.25, -0.2) is 0 Å². The van der Waals surface area contributed by atoms with Gasteiger partial charge in [0.1, 0.15) is 5.75 Å². The summed E-state index contributed by atoms with van der Waals surface area (Å²) in [4.78, 5) is 6.84. The zero-order valence-corrected chi connectivity index (χ0v) is 19.1. The fourth-order valence-electron chi connectivity index (χ4n) is 4.41. The van der Waals surface area contributed by atoms with Crippen molar-refractivity contribution in [2.45, 2.75) is 25.9 Å². The standard InChI is InChI=1S/C24H28N4O2S/c1-16-14-20(17(2)28(16)18-8-7-9-19(15-18)30-4)23-22(21-10-5-6-11-25-21)26-24(31)27(23)12-13-29-3/h5-11,14-15,22-23H,12-13H2,1-4H3,(H,26,31)/t22-,23-/m1/s1. The van der Waals surface area contributed by atoms with Crippen molar-refractivity contribution in [1.29, 1.82) is 0 Å². The topological polar surface area (TPSA) is 51.5 Å². The van der Waals surface area contributed by atoms with Crippen LogP contribution in [0.2, 0.25) is 0 Å². The van der Waals surface area contributed by atoms with E-state index in [1.54, 1.807) is 14.2 Å². The number of ether oxygens (including phenoxy) is 2. The van der Waals surface area contributed by atoms with E-state index < -0.39 is 0 Å². The lowest BCUT2D eigenvalue weighted by Crippen LogP contribution is -2.32. The second-order valence-electron chi connectivity index (χ2n) is 7.68. The Bertz CT molecular complexity index is 1070. The zero-order valence-electron chi connectivity index (χ0n) is 18.3. The maximum Gasteiger partial charge on any atom is 0.170 e. The molecule has 1 aliphatic heterocycles. The molecule has 1 aliphatic rings. The Morgan fingerprint density at radius 1 is 1.10 bits per heavy atom. The molecule has 2 atom stereocenters. The molecule has 0 spiro atoms. The van der Waals surface area contributed by atoms with Gasteiger partial charge in [-0.1, -0.05) is 12.1 Å². The number of benzene rings is 1. The number of nitrogens with zero attached hydrogens (tertiary/aromatic N) is 3. The van der Waals surface area contributed by atoms with Gasteiger partial charge in [0.15, 0.2) is 5.11 Å². The average molecular weight is 437 g/mol. The molecule has 1 N–H and O–H groups in total. The van der Waals surface area contributed by atoms with Crippen LogP contribution in [0.5, 0.6) is 5.75 Å². The van der Waals surface area contributed by atoms with Crippen LogP contribution in [0.4, 0.5) is 0 Å². The minimum Gasteiger partial charge on any atom is -0.497 e. The lowest BCUT2D eigenvalue weighted by atomic mass is 9.97. The molecular formula is C24H28N4O2S. The summed E-state index contributed by atoms with van der Waals surface area (Å²) in [6.07, 6.45) is 1.83. The van der Waals surface area contributed by atoms with Crippen molar-refractivity contribution in [3.8, 4) is 11.4 Å². The van der Waals surface area contributed by atoms with Crippen molar-refractivity contribution in [3.05, 3.63) is 77.4 Å². The molecule has 0 bridgehead atoms. The number of aromatic nitrogens is 2. The van der Waals surface area contributed by atoms with Crippen LogP contribution < -0.4 is 10.1 Å². The molecule has 3 aromatic rings. The van der Waals surface area contributed by atoms with Gasteiger partial charge in [0.2, 0.25) is 0 Å². The van der Waals surface area contributed by atoms with E-state index in [0.29, 0.717) is 13.2 Å². The first-order chi connectivity index (χ1) is 15.0. The Morgan fingerprint density at radius 3 is 2.65 bits per heavy atom. The van der Waals surface area contributed by atoms with Crippen LogP contribution >= 0.6 is 12.2 Å². The van der Waals surface area contributed by atoms with E-state index in [1.165, 1.54) is 11.3 Å². The summed E-state index contributed by atoms with van der Waals surface area (Å²) in [6, 6.07) is 16.4. The summed E-state index contributed by atoms with van der Waals surface area (Å²) in [7, 11) is 3.41. The van der Waals surface area contributed by atoms with Crippen molar-refractivity contribution in [3.63, 3.8) is 0 Å². The predicted molar refractivity (Wildman–Crippen MR) is 126 cm³/mol. The fraction of sp³-hybridized carbons (Fsp3) is 0.333. The van der Waals surface area contributed by atoms with E-state index in [-0.39, 0.29) is 12.1 Å². The highest BCUT2D eigenvalue weighted by atomic mass is 32.1. The van der Waals surface area contributed by atoms with Crippen molar-refractivity contribution >= 4 is 17.3 Å². The van der Waals surface area contributed by atoms with Crippen LogP contribution in [0.25, 0.3) is 5.69 Å². The smallest absolute Gasteiger partial charge is 0.170 e. The second kappa shape index (κ2) is 9.08. The first kappa shape index (κ1) is 21.3. The molecule has 0 amide bonds. The minimum atomic E-state index is -0.0372. The molecule has 3 heterocycles. The number of hydrogen-bond acceptors (Lipinski definition) is 4. The van der Waals surface area contributed by atoms with Crippen LogP contribution in [0.1, 0.15) is 34.7 Å². The second-order valence-corrected chi connectivity index (χ2v) is 8.06. The SMILES string of the molecule is COCCN1C(=S)N[C@H](c2ccccn2)[C@H]1c1cc(C)n(-c2cccc(OC)c2)c1C. The summed E-state index contributed by atoms with van der Waals surface area (Å²) in [5.74, 6) is 0.836. The lowest BCUT2D eigenvalue weighted by molar-refractivity contribution is 0.164. The monoisotopic (exact) mass is 436 g/mol. The van der Waals surface area contributed by atoms with Crippen molar-refractivity contribution in [2.75, 3.05) is 27.4 Å². The first-order valence-electron chi connectivity index (χ1n) is 10.4. The van der Waals surface area contributed by atoms with Gasteiger partial charge < -0.3 is 24.3 Å². The molecule has 1 aromatic carbocycles. The highest BCUT2D eigenvalue weighted by Crippen LogP contribution is 2.41. The van der Waals surface area contributed by atoms with E-state index in [9.17, 15) is 0 Å².